The Balaban J connectivity index is 1.77. The first-order valence-corrected chi connectivity index (χ1v) is 8.97. The lowest BCUT2D eigenvalue weighted by Crippen LogP contribution is -2.10. The number of rotatable bonds is 2. The molecule has 5 rings (SSSR count). The molecule has 1 aliphatic carbocycles. The van der Waals surface area contributed by atoms with Crippen LogP contribution in [-0.2, 0) is 0 Å². The number of benzene rings is 3. The van der Waals surface area contributed by atoms with Gasteiger partial charge in [-0.05, 0) is 12.1 Å². The summed E-state index contributed by atoms with van der Waals surface area (Å²) in [4.78, 5) is 12.0. The summed E-state index contributed by atoms with van der Waals surface area (Å²) < 4.78 is 74.1. The van der Waals surface area contributed by atoms with Crippen LogP contribution >= 0.6 is 11.8 Å². The first-order chi connectivity index (χ1) is 13.9. The summed E-state index contributed by atoms with van der Waals surface area (Å²) in [7, 11) is 0. The summed E-state index contributed by atoms with van der Waals surface area (Å²) >= 11 is 0.281. The minimum atomic E-state index is -2.24. The number of hydrogen-bond donors (Lipinski definition) is 0. The fraction of sp³-hybridized carbons (Fsp3) is 0. The fourth-order valence-electron chi connectivity index (χ4n) is 3.31. The zero-order chi connectivity index (χ0) is 20.4. The molecule has 1 aromatic heterocycles. The van der Waals surface area contributed by atoms with Gasteiger partial charge in [-0.3, -0.25) is 4.79 Å². The summed E-state index contributed by atoms with van der Waals surface area (Å²) in [5.74, 6) is -10.4. The summed E-state index contributed by atoms with van der Waals surface area (Å²) in [5, 5.41) is 4.21. The lowest BCUT2D eigenvalue weighted by atomic mass is 9.88. The maximum absolute atomic E-state index is 14.1. The van der Waals surface area contributed by atoms with Gasteiger partial charge in [-0.25, -0.2) is 22.0 Å². The van der Waals surface area contributed by atoms with E-state index in [0.29, 0.717) is 22.2 Å². The number of hydrogen-bond acceptors (Lipinski definition) is 4. The molecule has 1 heterocycles. The Morgan fingerprint density at radius 2 is 1.41 bits per heavy atom. The van der Waals surface area contributed by atoms with Crippen molar-refractivity contribution in [2.75, 3.05) is 0 Å². The molecule has 4 aromatic rings. The Labute approximate surface area is 163 Å². The molecule has 0 amide bonds. The van der Waals surface area contributed by atoms with E-state index in [4.69, 9.17) is 4.52 Å². The van der Waals surface area contributed by atoms with Gasteiger partial charge in [0, 0.05) is 21.6 Å². The number of carbonyl (C=O) groups is 1. The van der Waals surface area contributed by atoms with Crippen LogP contribution in [-0.4, -0.2) is 10.9 Å². The molecule has 29 heavy (non-hydrogen) atoms. The zero-order valence-electron chi connectivity index (χ0n) is 14.0. The van der Waals surface area contributed by atoms with Gasteiger partial charge in [-0.1, -0.05) is 41.2 Å². The van der Waals surface area contributed by atoms with Gasteiger partial charge in [0.05, 0.1) is 10.3 Å². The minimum Gasteiger partial charge on any atom is -0.355 e. The van der Waals surface area contributed by atoms with Gasteiger partial charge < -0.3 is 4.52 Å². The van der Waals surface area contributed by atoms with Gasteiger partial charge in [-0.2, -0.15) is 0 Å². The second-order valence-electron chi connectivity index (χ2n) is 6.22. The topological polar surface area (TPSA) is 43.1 Å². The number of ketones is 1. The predicted molar refractivity (Wildman–Crippen MR) is 93.2 cm³/mol. The largest absolute Gasteiger partial charge is 0.355 e. The van der Waals surface area contributed by atoms with Crippen LogP contribution in [0.15, 0.2) is 50.7 Å². The third kappa shape index (κ3) is 2.37. The number of fused-ring (bicyclic) bond motifs is 2. The van der Waals surface area contributed by atoms with Crippen molar-refractivity contribution in [3.63, 3.8) is 0 Å². The van der Waals surface area contributed by atoms with Gasteiger partial charge in [0.2, 0.25) is 5.82 Å². The van der Waals surface area contributed by atoms with Gasteiger partial charge >= 0.3 is 0 Å². The number of halogens is 5. The molecule has 0 aliphatic heterocycles. The van der Waals surface area contributed by atoms with Crippen LogP contribution in [0.2, 0.25) is 0 Å². The van der Waals surface area contributed by atoms with E-state index in [0.717, 1.165) is 0 Å². The second-order valence-corrected chi connectivity index (χ2v) is 7.27. The van der Waals surface area contributed by atoms with Gasteiger partial charge in [0.25, 0.3) is 0 Å². The average molecular weight is 419 g/mol. The Kier molecular flexibility index (Phi) is 3.79. The van der Waals surface area contributed by atoms with Crippen molar-refractivity contribution in [1.82, 2.24) is 5.16 Å². The quantitative estimate of drug-likeness (QED) is 0.203. The van der Waals surface area contributed by atoms with E-state index in [9.17, 15) is 26.7 Å². The maximum Gasteiger partial charge on any atom is 0.200 e. The highest BCUT2D eigenvalue weighted by Gasteiger charge is 2.33. The van der Waals surface area contributed by atoms with Gasteiger partial charge in [-0.15, -0.1) is 0 Å². The number of nitrogens with zero attached hydrogens (tertiary/aromatic N) is 1. The highest BCUT2D eigenvalue weighted by atomic mass is 32.2. The third-order valence-electron chi connectivity index (χ3n) is 4.63. The third-order valence-corrected chi connectivity index (χ3v) is 5.76. The van der Waals surface area contributed by atoms with Crippen molar-refractivity contribution >= 4 is 28.4 Å². The summed E-state index contributed by atoms with van der Waals surface area (Å²) in [6.45, 7) is 0. The molecule has 0 bridgehead atoms. The molecule has 0 spiro atoms. The first kappa shape index (κ1) is 17.9. The van der Waals surface area contributed by atoms with E-state index in [1.165, 1.54) is 12.1 Å². The summed E-state index contributed by atoms with van der Waals surface area (Å²) in [6, 6.07) is 9.34. The fourth-order valence-corrected chi connectivity index (χ4v) is 4.32. The SMILES string of the molecule is O=C1c2ccccc2-c2onc3ccc(Sc4c(F)c(F)c(F)c(F)c4F)c1c23. The van der Waals surface area contributed by atoms with Crippen LogP contribution in [0.3, 0.4) is 0 Å². The lowest BCUT2D eigenvalue weighted by molar-refractivity contribution is 0.103. The Morgan fingerprint density at radius 1 is 0.793 bits per heavy atom. The van der Waals surface area contributed by atoms with Crippen molar-refractivity contribution in [2.45, 2.75) is 9.79 Å². The maximum atomic E-state index is 14.1. The molecular formula is C20H6F5NO2S. The van der Waals surface area contributed by atoms with Crippen molar-refractivity contribution in [3.05, 3.63) is 76.6 Å². The van der Waals surface area contributed by atoms with Crippen LogP contribution in [0.4, 0.5) is 22.0 Å². The molecule has 0 atom stereocenters. The Morgan fingerprint density at radius 3 is 2.10 bits per heavy atom. The van der Waals surface area contributed by atoms with Crippen LogP contribution in [0.1, 0.15) is 15.9 Å². The van der Waals surface area contributed by atoms with Crippen LogP contribution < -0.4 is 0 Å². The van der Waals surface area contributed by atoms with E-state index >= 15 is 0 Å². The highest BCUT2D eigenvalue weighted by molar-refractivity contribution is 7.99. The molecule has 3 nitrogen and oxygen atoms in total. The smallest absolute Gasteiger partial charge is 0.200 e. The van der Waals surface area contributed by atoms with Crippen molar-refractivity contribution in [3.8, 4) is 11.3 Å². The van der Waals surface area contributed by atoms with Crippen LogP contribution in [0.5, 0.6) is 0 Å². The molecule has 0 unspecified atom stereocenters. The molecule has 144 valence electrons. The number of carbonyl (C=O) groups excluding carboxylic acids is 1. The molecular weight excluding hydrogens is 413 g/mol. The molecule has 0 N–H and O–H groups in total. The molecule has 9 heteroatoms. The van der Waals surface area contributed by atoms with E-state index < -0.39 is 39.8 Å². The van der Waals surface area contributed by atoms with Crippen molar-refractivity contribution in [2.24, 2.45) is 0 Å². The average Bonchev–Trinajstić information content (AvgIpc) is 3.17. The predicted octanol–water partition coefficient (Wildman–Crippen LogP) is 5.89. The van der Waals surface area contributed by atoms with Crippen molar-refractivity contribution < 1.29 is 31.3 Å². The van der Waals surface area contributed by atoms with E-state index in [2.05, 4.69) is 5.16 Å². The highest BCUT2D eigenvalue weighted by Crippen LogP contribution is 2.45. The Bertz CT molecular complexity index is 1340. The molecule has 0 saturated carbocycles. The van der Waals surface area contributed by atoms with Gasteiger partial charge in [0.15, 0.2) is 34.8 Å². The van der Waals surface area contributed by atoms with Gasteiger partial charge in [0.1, 0.15) is 5.52 Å². The van der Waals surface area contributed by atoms with Crippen LogP contribution in [0.25, 0.3) is 22.2 Å². The zero-order valence-corrected chi connectivity index (χ0v) is 14.8. The molecule has 1 aliphatic rings. The minimum absolute atomic E-state index is 0.0182. The summed E-state index contributed by atoms with van der Waals surface area (Å²) in [6.07, 6.45) is 0. The van der Waals surface area contributed by atoms with E-state index in [1.807, 2.05) is 0 Å². The molecule has 0 fully saturated rings. The summed E-state index contributed by atoms with van der Waals surface area (Å²) in [5.41, 5.74) is 1.15. The molecule has 0 saturated heterocycles. The first-order valence-electron chi connectivity index (χ1n) is 8.16. The standard InChI is InChI=1S/C20H6F5NO2S/c21-13-14(22)16(24)20(17(25)15(13)23)29-10-6-5-9-11-12(10)18(27)7-3-1-2-4-8(7)19(11)28-26-9/h1-6H. The normalized spacial score (nSPS) is 12.5. The molecule has 0 radical (unpaired) electrons. The van der Waals surface area contributed by atoms with E-state index in [-0.39, 0.29) is 27.8 Å². The Hall–Kier alpha value is -3.20. The van der Waals surface area contributed by atoms with Crippen molar-refractivity contribution in [1.29, 1.82) is 0 Å². The van der Waals surface area contributed by atoms with Crippen LogP contribution in [0, 0.1) is 29.1 Å². The second kappa shape index (κ2) is 6.15. The molecule has 3 aromatic carbocycles. The monoisotopic (exact) mass is 419 g/mol. The van der Waals surface area contributed by atoms with E-state index in [1.54, 1.807) is 24.3 Å². The number of aromatic nitrogens is 1. The lowest BCUT2D eigenvalue weighted by Gasteiger charge is -2.17.